The number of nitrogens with one attached hydrogen (secondary N) is 1. The average molecular weight is 361 g/mol. The Hall–Kier alpha value is -1.95. The fraction of sp³-hybridized carbons (Fsp3) is 0.368. The van der Waals surface area contributed by atoms with Crippen LogP contribution in [0.5, 0.6) is 0 Å². The molecule has 1 aromatic heterocycles. The van der Waals surface area contributed by atoms with Crippen LogP contribution < -0.4 is 5.32 Å². The number of pyridine rings is 1. The highest BCUT2D eigenvalue weighted by Crippen LogP contribution is 2.23. The number of hydrogen-bond donors (Lipinski definition) is 1. The molecule has 1 N–H and O–H groups in total. The molecule has 0 spiro atoms. The molecule has 3 rings (SSSR count). The summed E-state index contributed by atoms with van der Waals surface area (Å²) in [6.45, 7) is 3.70. The number of amides is 1. The molecule has 0 saturated carbocycles. The molecule has 25 heavy (non-hydrogen) atoms. The van der Waals surface area contributed by atoms with E-state index in [1.807, 2.05) is 30.5 Å². The summed E-state index contributed by atoms with van der Waals surface area (Å²) in [5, 5.41) is 3.46. The predicted molar refractivity (Wildman–Crippen MR) is 102 cm³/mol. The number of hydrogen-bond acceptors (Lipinski definition) is 4. The van der Waals surface area contributed by atoms with Gasteiger partial charge in [0.2, 0.25) is 0 Å². The Bertz CT molecular complexity index is 693. The Balaban J connectivity index is 0.00000225. The molecule has 1 atom stereocenters. The summed E-state index contributed by atoms with van der Waals surface area (Å²) in [4.78, 5) is 20.5. The zero-order valence-electron chi connectivity index (χ0n) is 14.7. The minimum atomic E-state index is 0. The van der Waals surface area contributed by atoms with Crippen molar-refractivity contribution in [3.8, 4) is 0 Å². The zero-order valence-corrected chi connectivity index (χ0v) is 15.5. The van der Waals surface area contributed by atoms with Crippen molar-refractivity contribution in [1.29, 1.82) is 0 Å². The van der Waals surface area contributed by atoms with Crippen LogP contribution in [0.4, 0.5) is 0 Å². The SMILES string of the molecule is CN(C)C(=O)c1cccc(CN2CCNCC2c2cccnc2)c1.Cl. The van der Waals surface area contributed by atoms with Crippen LogP contribution in [0.25, 0.3) is 0 Å². The van der Waals surface area contributed by atoms with Crippen molar-refractivity contribution in [2.45, 2.75) is 12.6 Å². The average Bonchev–Trinajstić information content (AvgIpc) is 2.62. The van der Waals surface area contributed by atoms with E-state index < -0.39 is 0 Å². The Labute approximate surface area is 155 Å². The van der Waals surface area contributed by atoms with Crippen LogP contribution in [0, 0.1) is 0 Å². The topological polar surface area (TPSA) is 48.5 Å². The third kappa shape index (κ3) is 4.78. The first-order valence-corrected chi connectivity index (χ1v) is 8.30. The fourth-order valence-electron chi connectivity index (χ4n) is 3.13. The van der Waals surface area contributed by atoms with Crippen molar-refractivity contribution in [2.24, 2.45) is 0 Å². The Morgan fingerprint density at radius 3 is 2.88 bits per heavy atom. The number of halogens is 1. The highest BCUT2D eigenvalue weighted by molar-refractivity contribution is 5.94. The highest BCUT2D eigenvalue weighted by atomic mass is 35.5. The lowest BCUT2D eigenvalue weighted by Crippen LogP contribution is -2.45. The monoisotopic (exact) mass is 360 g/mol. The van der Waals surface area contributed by atoms with Gasteiger partial charge in [0, 0.05) is 64.3 Å². The number of carbonyl (C=O) groups excluding carboxylic acids is 1. The predicted octanol–water partition coefficient (Wildman–Crippen LogP) is 2.35. The third-order valence-corrected chi connectivity index (χ3v) is 4.39. The Morgan fingerprint density at radius 2 is 2.16 bits per heavy atom. The van der Waals surface area contributed by atoms with Gasteiger partial charge in [-0.05, 0) is 29.3 Å². The minimum Gasteiger partial charge on any atom is -0.345 e. The molecule has 1 fully saturated rings. The number of benzene rings is 1. The van der Waals surface area contributed by atoms with Crippen LogP contribution in [0.15, 0.2) is 48.8 Å². The van der Waals surface area contributed by atoms with Gasteiger partial charge in [-0.2, -0.15) is 0 Å². The van der Waals surface area contributed by atoms with Crippen molar-refractivity contribution in [1.82, 2.24) is 20.1 Å². The van der Waals surface area contributed by atoms with Gasteiger partial charge in [0.1, 0.15) is 0 Å². The van der Waals surface area contributed by atoms with Crippen molar-refractivity contribution in [2.75, 3.05) is 33.7 Å². The van der Waals surface area contributed by atoms with Gasteiger partial charge in [0.15, 0.2) is 0 Å². The van der Waals surface area contributed by atoms with Crippen molar-refractivity contribution >= 4 is 18.3 Å². The van der Waals surface area contributed by atoms with Crippen LogP contribution in [-0.4, -0.2) is 54.4 Å². The van der Waals surface area contributed by atoms with E-state index in [0.717, 1.165) is 31.7 Å². The number of rotatable bonds is 4. The zero-order chi connectivity index (χ0) is 16.9. The maximum Gasteiger partial charge on any atom is 0.253 e. The smallest absolute Gasteiger partial charge is 0.253 e. The molecule has 2 aromatic rings. The summed E-state index contributed by atoms with van der Waals surface area (Å²) in [7, 11) is 3.56. The lowest BCUT2D eigenvalue weighted by atomic mass is 10.0. The molecule has 5 nitrogen and oxygen atoms in total. The standard InChI is InChI=1S/C19H24N4O.ClH/c1-22(2)19(24)16-6-3-5-15(11-16)14-23-10-9-21-13-18(23)17-7-4-8-20-12-17;/h3-8,11-12,18,21H,9-10,13-14H2,1-2H3;1H. The molecule has 134 valence electrons. The van der Waals surface area contributed by atoms with E-state index in [0.29, 0.717) is 6.04 Å². The summed E-state index contributed by atoms with van der Waals surface area (Å²) in [5.41, 5.74) is 3.13. The Kier molecular flexibility index (Phi) is 6.93. The first-order chi connectivity index (χ1) is 11.6. The van der Waals surface area contributed by atoms with Crippen LogP contribution in [0.2, 0.25) is 0 Å². The van der Waals surface area contributed by atoms with E-state index in [2.05, 4.69) is 27.3 Å². The van der Waals surface area contributed by atoms with Crippen LogP contribution >= 0.6 is 12.4 Å². The molecular weight excluding hydrogens is 336 g/mol. The summed E-state index contributed by atoms with van der Waals surface area (Å²) in [6.07, 6.45) is 3.75. The maximum atomic E-state index is 12.2. The van der Waals surface area contributed by atoms with E-state index in [1.165, 1.54) is 11.1 Å². The fourth-order valence-corrected chi connectivity index (χ4v) is 3.13. The second-order valence-corrected chi connectivity index (χ2v) is 6.38. The number of carbonyl (C=O) groups is 1. The van der Waals surface area contributed by atoms with Crippen molar-refractivity contribution in [3.05, 3.63) is 65.5 Å². The van der Waals surface area contributed by atoms with Gasteiger partial charge in [-0.1, -0.05) is 18.2 Å². The summed E-state index contributed by atoms with van der Waals surface area (Å²) in [6, 6.07) is 12.4. The van der Waals surface area contributed by atoms with Gasteiger partial charge in [-0.15, -0.1) is 12.4 Å². The van der Waals surface area contributed by atoms with Gasteiger partial charge >= 0.3 is 0 Å². The van der Waals surface area contributed by atoms with E-state index in [1.54, 1.807) is 25.2 Å². The molecule has 1 aliphatic heterocycles. The van der Waals surface area contributed by atoms with Gasteiger partial charge in [-0.25, -0.2) is 0 Å². The number of nitrogens with zero attached hydrogens (tertiary/aromatic N) is 3. The molecule has 1 amide bonds. The quantitative estimate of drug-likeness (QED) is 0.909. The minimum absolute atomic E-state index is 0. The largest absolute Gasteiger partial charge is 0.345 e. The van der Waals surface area contributed by atoms with Gasteiger partial charge in [0.25, 0.3) is 5.91 Å². The molecule has 1 saturated heterocycles. The first kappa shape index (κ1) is 19.4. The molecule has 0 aliphatic carbocycles. The molecule has 1 aromatic carbocycles. The molecule has 2 heterocycles. The molecule has 1 aliphatic rings. The van der Waals surface area contributed by atoms with Crippen molar-refractivity contribution in [3.63, 3.8) is 0 Å². The van der Waals surface area contributed by atoms with Crippen LogP contribution in [0.1, 0.15) is 27.5 Å². The summed E-state index contributed by atoms with van der Waals surface area (Å²) < 4.78 is 0. The molecule has 0 radical (unpaired) electrons. The van der Waals surface area contributed by atoms with Crippen molar-refractivity contribution < 1.29 is 4.79 Å². The second-order valence-electron chi connectivity index (χ2n) is 6.38. The van der Waals surface area contributed by atoms with E-state index in [-0.39, 0.29) is 18.3 Å². The van der Waals surface area contributed by atoms with Crippen LogP contribution in [-0.2, 0) is 6.54 Å². The normalized spacial score (nSPS) is 17.6. The third-order valence-electron chi connectivity index (χ3n) is 4.39. The molecular formula is C19H25ClN4O. The lowest BCUT2D eigenvalue weighted by molar-refractivity contribution is 0.0827. The summed E-state index contributed by atoms with van der Waals surface area (Å²) >= 11 is 0. The number of aromatic nitrogens is 1. The highest BCUT2D eigenvalue weighted by Gasteiger charge is 2.24. The molecule has 0 bridgehead atoms. The van der Waals surface area contributed by atoms with Gasteiger partial charge in [-0.3, -0.25) is 14.7 Å². The Morgan fingerprint density at radius 1 is 1.32 bits per heavy atom. The lowest BCUT2D eigenvalue weighted by Gasteiger charge is -2.36. The molecule has 1 unspecified atom stereocenters. The van der Waals surface area contributed by atoms with Gasteiger partial charge in [0.05, 0.1) is 0 Å². The second kappa shape index (κ2) is 8.94. The maximum absolute atomic E-state index is 12.2. The van der Waals surface area contributed by atoms with E-state index in [9.17, 15) is 4.79 Å². The molecule has 6 heteroatoms. The first-order valence-electron chi connectivity index (χ1n) is 8.30. The van der Waals surface area contributed by atoms with E-state index >= 15 is 0 Å². The summed E-state index contributed by atoms with van der Waals surface area (Å²) in [5.74, 6) is 0.0426. The van der Waals surface area contributed by atoms with E-state index in [4.69, 9.17) is 0 Å². The number of piperazine rings is 1. The van der Waals surface area contributed by atoms with Crippen LogP contribution in [0.3, 0.4) is 0 Å². The van der Waals surface area contributed by atoms with Gasteiger partial charge < -0.3 is 10.2 Å².